The minimum absolute atomic E-state index is 0.268. The number of hydrazone groups is 1. The third kappa shape index (κ3) is 3.49. The van der Waals surface area contributed by atoms with Gasteiger partial charge in [0, 0.05) is 10.9 Å². The third-order valence-corrected chi connectivity index (χ3v) is 4.52. The Hall–Kier alpha value is -4.46. The Morgan fingerprint density at radius 2 is 1.67 bits per heavy atom. The van der Waals surface area contributed by atoms with Gasteiger partial charge in [0.1, 0.15) is 5.56 Å². The van der Waals surface area contributed by atoms with Crippen molar-refractivity contribution in [2.24, 2.45) is 5.10 Å². The highest BCUT2D eigenvalue weighted by atomic mass is 16.3. The number of aromatic amines is 1. The van der Waals surface area contributed by atoms with E-state index in [4.69, 9.17) is 0 Å². The van der Waals surface area contributed by atoms with Gasteiger partial charge in [-0.25, -0.2) is 14.8 Å². The third-order valence-electron chi connectivity index (χ3n) is 4.52. The lowest BCUT2D eigenvalue weighted by Gasteiger charge is -2.12. The summed E-state index contributed by atoms with van der Waals surface area (Å²) in [5.74, 6) is -1.07. The van der Waals surface area contributed by atoms with Crippen molar-refractivity contribution in [1.29, 1.82) is 0 Å². The molecule has 0 spiro atoms. The van der Waals surface area contributed by atoms with E-state index < -0.39 is 23.0 Å². The summed E-state index contributed by atoms with van der Waals surface area (Å²) < 4.78 is 0.990. The van der Waals surface area contributed by atoms with Crippen LogP contribution >= 0.6 is 0 Å². The first-order chi connectivity index (χ1) is 14.6. The summed E-state index contributed by atoms with van der Waals surface area (Å²) in [6.07, 6.45) is 0.996. The minimum Gasteiger partial charge on any atom is -0.493 e. The van der Waals surface area contributed by atoms with Crippen molar-refractivity contribution in [2.45, 2.75) is 0 Å². The predicted molar refractivity (Wildman–Crippen MR) is 113 cm³/mol. The maximum Gasteiger partial charge on any atom is 0.335 e. The molecule has 8 nitrogen and oxygen atoms in total. The fraction of sp³-hybridized carbons (Fsp3) is 0. The molecule has 0 saturated heterocycles. The van der Waals surface area contributed by atoms with Crippen molar-refractivity contribution < 1.29 is 9.90 Å². The summed E-state index contributed by atoms with van der Waals surface area (Å²) in [4.78, 5) is 38.9. The smallest absolute Gasteiger partial charge is 0.335 e. The highest BCUT2D eigenvalue weighted by Gasteiger charge is 2.16. The number of carbonyl (C=O) groups excluding carboxylic acids is 1. The summed E-state index contributed by atoms with van der Waals surface area (Å²) in [6, 6.07) is 21.0. The van der Waals surface area contributed by atoms with Crippen LogP contribution in [0.5, 0.6) is 5.88 Å². The van der Waals surface area contributed by atoms with E-state index in [1.54, 1.807) is 54.6 Å². The number of H-pyrrole nitrogens is 1. The quantitative estimate of drug-likeness (QED) is 0.359. The zero-order valence-electron chi connectivity index (χ0n) is 15.6. The monoisotopic (exact) mass is 400 g/mol. The first-order valence-corrected chi connectivity index (χ1v) is 9.01. The molecule has 0 saturated carbocycles. The van der Waals surface area contributed by atoms with Gasteiger partial charge in [0.05, 0.1) is 11.9 Å². The average Bonchev–Trinajstić information content (AvgIpc) is 2.76. The van der Waals surface area contributed by atoms with Crippen molar-refractivity contribution in [3.63, 3.8) is 0 Å². The molecule has 1 amide bonds. The molecule has 0 atom stereocenters. The molecule has 0 bridgehead atoms. The number of aromatic nitrogens is 2. The Bertz CT molecular complexity index is 1380. The number of nitrogens with one attached hydrogen (secondary N) is 2. The minimum atomic E-state index is -0.827. The summed E-state index contributed by atoms with van der Waals surface area (Å²) in [5, 5.41) is 16.0. The molecule has 4 rings (SSSR count). The highest BCUT2D eigenvalue weighted by molar-refractivity contribution is 5.95. The molecular weight excluding hydrogens is 384 g/mol. The van der Waals surface area contributed by atoms with Gasteiger partial charge in [0.2, 0.25) is 5.88 Å². The molecule has 1 aromatic heterocycles. The second-order valence-corrected chi connectivity index (χ2v) is 6.40. The number of rotatable bonds is 4. The average molecular weight is 400 g/mol. The Balaban J connectivity index is 1.75. The Morgan fingerprint density at radius 3 is 2.47 bits per heavy atom. The van der Waals surface area contributed by atoms with Crippen LogP contribution in [-0.2, 0) is 0 Å². The van der Waals surface area contributed by atoms with Gasteiger partial charge in [-0.3, -0.25) is 14.6 Å². The van der Waals surface area contributed by atoms with Crippen molar-refractivity contribution in [3.8, 4) is 11.6 Å². The molecule has 0 fully saturated rings. The van der Waals surface area contributed by atoms with Crippen molar-refractivity contribution >= 4 is 22.9 Å². The second kappa shape index (κ2) is 7.88. The van der Waals surface area contributed by atoms with Crippen molar-refractivity contribution in [2.75, 3.05) is 0 Å². The molecule has 0 unspecified atom stereocenters. The number of hydrogen-bond donors (Lipinski definition) is 3. The number of hydrogen-bond acceptors (Lipinski definition) is 5. The van der Waals surface area contributed by atoms with Gasteiger partial charge in [0.15, 0.2) is 0 Å². The van der Waals surface area contributed by atoms with E-state index in [1.807, 2.05) is 18.2 Å². The number of benzene rings is 3. The van der Waals surface area contributed by atoms with Crippen LogP contribution in [0.2, 0.25) is 0 Å². The van der Waals surface area contributed by atoms with E-state index in [-0.39, 0.29) is 5.56 Å². The Kier molecular flexibility index (Phi) is 4.96. The molecular formula is C22H16N4O4. The van der Waals surface area contributed by atoms with E-state index in [0.717, 1.165) is 16.2 Å². The van der Waals surface area contributed by atoms with Crippen LogP contribution in [0.25, 0.3) is 16.5 Å². The molecule has 3 aromatic carbocycles. The largest absolute Gasteiger partial charge is 0.493 e. The molecule has 8 heteroatoms. The number of amides is 1. The molecule has 0 aliphatic rings. The Labute approximate surface area is 169 Å². The summed E-state index contributed by atoms with van der Waals surface area (Å²) in [5.41, 5.74) is 1.18. The highest BCUT2D eigenvalue weighted by Crippen LogP contribution is 2.24. The fourth-order valence-corrected chi connectivity index (χ4v) is 3.09. The lowest BCUT2D eigenvalue weighted by atomic mass is 10.1. The van der Waals surface area contributed by atoms with Crippen LogP contribution in [0.15, 0.2) is 87.5 Å². The lowest BCUT2D eigenvalue weighted by molar-refractivity contribution is 0.0955. The zero-order chi connectivity index (χ0) is 21.1. The predicted octanol–water partition coefficient (Wildman–Crippen LogP) is 2.15. The van der Waals surface area contributed by atoms with Gasteiger partial charge in [-0.15, -0.1) is 0 Å². The fourth-order valence-electron chi connectivity index (χ4n) is 3.09. The summed E-state index contributed by atoms with van der Waals surface area (Å²) in [7, 11) is 0. The number of aromatic hydroxyl groups is 1. The first-order valence-electron chi connectivity index (χ1n) is 9.01. The molecule has 148 valence electrons. The van der Waals surface area contributed by atoms with Crippen molar-refractivity contribution in [1.82, 2.24) is 15.0 Å². The molecule has 0 radical (unpaired) electrons. The molecule has 30 heavy (non-hydrogen) atoms. The van der Waals surface area contributed by atoms with Gasteiger partial charge in [0.25, 0.3) is 11.5 Å². The second-order valence-electron chi connectivity index (χ2n) is 6.40. The van der Waals surface area contributed by atoms with E-state index in [9.17, 15) is 19.5 Å². The zero-order valence-corrected chi connectivity index (χ0v) is 15.6. The van der Waals surface area contributed by atoms with Crippen LogP contribution in [0.1, 0.15) is 15.9 Å². The molecule has 4 aromatic rings. The summed E-state index contributed by atoms with van der Waals surface area (Å²) in [6.45, 7) is 0. The van der Waals surface area contributed by atoms with Gasteiger partial charge in [-0.2, -0.15) is 5.10 Å². The van der Waals surface area contributed by atoms with Crippen LogP contribution in [0, 0.1) is 0 Å². The van der Waals surface area contributed by atoms with Gasteiger partial charge < -0.3 is 5.11 Å². The molecule has 3 N–H and O–H groups in total. The first kappa shape index (κ1) is 18.9. The van der Waals surface area contributed by atoms with E-state index in [1.165, 1.54) is 0 Å². The van der Waals surface area contributed by atoms with Gasteiger partial charge in [-0.1, -0.05) is 54.6 Å². The van der Waals surface area contributed by atoms with Crippen LogP contribution in [-0.4, -0.2) is 26.8 Å². The van der Waals surface area contributed by atoms with E-state index in [2.05, 4.69) is 15.5 Å². The topological polar surface area (TPSA) is 117 Å². The van der Waals surface area contributed by atoms with E-state index >= 15 is 0 Å². The normalized spacial score (nSPS) is 11.1. The lowest BCUT2D eigenvalue weighted by Crippen LogP contribution is -2.31. The van der Waals surface area contributed by atoms with Gasteiger partial charge >= 0.3 is 5.69 Å². The van der Waals surface area contributed by atoms with Crippen LogP contribution < -0.4 is 16.7 Å². The molecule has 0 aliphatic carbocycles. The Morgan fingerprint density at radius 1 is 0.967 bits per heavy atom. The molecule has 1 heterocycles. The maximum atomic E-state index is 12.5. The number of fused-ring (bicyclic) bond motifs is 1. The van der Waals surface area contributed by atoms with Crippen molar-refractivity contribution in [3.05, 3.63) is 105 Å². The molecule has 0 aliphatic heterocycles. The maximum absolute atomic E-state index is 12.5. The number of carbonyl (C=O) groups is 1. The van der Waals surface area contributed by atoms with Crippen LogP contribution in [0.4, 0.5) is 0 Å². The number of nitrogens with zero attached hydrogens (tertiary/aromatic N) is 2. The SMILES string of the molecule is O=C(NN=Cc1c(O)n(-c2cccc3ccccc23)c(=O)[nH]c1=O)c1ccccc1. The van der Waals surface area contributed by atoms with Gasteiger partial charge in [-0.05, 0) is 23.6 Å². The van der Waals surface area contributed by atoms with Crippen LogP contribution in [0.3, 0.4) is 0 Å². The summed E-state index contributed by atoms with van der Waals surface area (Å²) >= 11 is 0. The standard InChI is InChI=1S/C22H16N4O4/c27-19(15-8-2-1-3-9-15)25-23-13-17-20(28)24-22(30)26(21(17)29)18-12-6-10-14-7-4-5-11-16(14)18/h1-13,29H,(H,25,27)(H,24,28,30). The van der Waals surface area contributed by atoms with E-state index in [0.29, 0.717) is 16.6 Å².